The fourth-order valence-corrected chi connectivity index (χ4v) is 2.45. The van der Waals surface area contributed by atoms with Crippen LogP contribution in [0.15, 0.2) is 0 Å². The summed E-state index contributed by atoms with van der Waals surface area (Å²) in [6, 6.07) is 0. The molecule has 1 fully saturated rings. The van der Waals surface area contributed by atoms with Crippen LogP contribution in [0.2, 0.25) is 0 Å². The largest absolute Gasteiger partial charge is 0.193 e. The second kappa shape index (κ2) is 2.28. The Morgan fingerprint density at radius 3 is 2.14 bits per heavy atom. The highest BCUT2D eigenvalue weighted by Crippen LogP contribution is 2.41. The van der Waals surface area contributed by atoms with E-state index in [0.29, 0.717) is 0 Å². The maximum Gasteiger partial charge on any atom is 0.0871 e. The Balaban J connectivity index is 2.31. The monoisotopic (exact) mass is 113 g/mol. The van der Waals surface area contributed by atoms with Gasteiger partial charge in [-0.05, 0) is 25.2 Å². The first-order valence-corrected chi connectivity index (χ1v) is 4.29. The van der Waals surface area contributed by atoms with E-state index in [-0.39, 0.29) is 7.92 Å². The normalized spacial score (nSPS) is 22.1. The van der Waals surface area contributed by atoms with Gasteiger partial charge in [0.2, 0.25) is 0 Å². The highest BCUT2D eigenvalue weighted by Gasteiger charge is 2.11. The molecule has 7 heavy (non-hydrogen) atoms. The van der Waals surface area contributed by atoms with E-state index in [1.165, 1.54) is 25.2 Å². The number of hydrogen-bond donors (Lipinski definition) is 0. The molecule has 0 radical (unpaired) electrons. The van der Waals surface area contributed by atoms with E-state index in [4.69, 9.17) is 5.26 Å². The molecule has 0 amide bonds. The van der Waals surface area contributed by atoms with Crippen molar-refractivity contribution in [1.82, 2.24) is 0 Å². The third-order valence-corrected chi connectivity index (χ3v) is 3.24. The van der Waals surface area contributed by atoms with Gasteiger partial charge in [0, 0.05) is 7.92 Å². The lowest BCUT2D eigenvalue weighted by molar-refractivity contribution is 0.949. The van der Waals surface area contributed by atoms with Gasteiger partial charge in [0.1, 0.15) is 0 Å². The maximum absolute atomic E-state index is 8.34. The molecule has 0 aromatic heterocycles. The van der Waals surface area contributed by atoms with Crippen molar-refractivity contribution in [2.75, 3.05) is 12.3 Å². The van der Waals surface area contributed by atoms with E-state index in [2.05, 4.69) is 5.81 Å². The Labute approximate surface area is 45.1 Å². The fraction of sp³-hybridized carbons (Fsp3) is 0.800. The first kappa shape index (κ1) is 5.06. The van der Waals surface area contributed by atoms with Crippen LogP contribution in [0.4, 0.5) is 0 Å². The molecule has 2 heteroatoms. The number of nitrogens with zero attached hydrogens (tertiary/aromatic N) is 1. The van der Waals surface area contributed by atoms with E-state index in [0.717, 1.165) is 0 Å². The van der Waals surface area contributed by atoms with Crippen molar-refractivity contribution in [2.24, 2.45) is 0 Å². The Morgan fingerprint density at radius 2 is 1.86 bits per heavy atom. The number of rotatable bonds is 0. The molecule has 0 N–H and O–H groups in total. The van der Waals surface area contributed by atoms with Crippen LogP contribution in [0, 0.1) is 11.1 Å². The maximum atomic E-state index is 8.34. The van der Waals surface area contributed by atoms with Crippen molar-refractivity contribution in [3.8, 4) is 5.81 Å². The van der Waals surface area contributed by atoms with Crippen molar-refractivity contribution in [2.45, 2.75) is 12.8 Å². The van der Waals surface area contributed by atoms with Gasteiger partial charge in [0.05, 0.1) is 5.81 Å². The predicted octanol–water partition coefficient (Wildman–Crippen LogP) is 1.74. The molecular weight excluding hydrogens is 105 g/mol. The molecule has 38 valence electrons. The molecule has 0 aromatic carbocycles. The minimum atomic E-state index is -0.137. The molecule has 1 heterocycles. The highest BCUT2D eigenvalue weighted by molar-refractivity contribution is 7.62. The Kier molecular flexibility index (Phi) is 1.65. The topological polar surface area (TPSA) is 23.8 Å². The Hall–Kier alpha value is -0.0800. The van der Waals surface area contributed by atoms with Crippen molar-refractivity contribution in [3.63, 3.8) is 0 Å². The van der Waals surface area contributed by atoms with Gasteiger partial charge in [-0.25, -0.2) is 0 Å². The Morgan fingerprint density at radius 1 is 1.29 bits per heavy atom. The SMILES string of the molecule is N#CP1CCCC1. The summed E-state index contributed by atoms with van der Waals surface area (Å²) in [7, 11) is -0.137. The van der Waals surface area contributed by atoms with Crippen LogP contribution < -0.4 is 0 Å². The minimum Gasteiger partial charge on any atom is -0.193 e. The van der Waals surface area contributed by atoms with Gasteiger partial charge in [-0.3, -0.25) is 0 Å². The van der Waals surface area contributed by atoms with Gasteiger partial charge in [-0.15, -0.1) is 0 Å². The van der Waals surface area contributed by atoms with Crippen LogP contribution in [0.5, 0.6) is 0 Å². The van der Waals surface area contributed by atoms with Crippen LogP contribution in [-0.2, 0) is 0 Å². The average molecular weight is 113 g/mol. The molecule has 0 unspecified atom stereocenters. The molecule has 1 aliphatic rings. The van der Waals surface area contributed by atoms with E-state index in [1.807, 2.05) is 0 Å². The molecule has 1 rings (SSSR count). The second-order valence-corrected chi connectivity index (χ2v) is 3.97. The molecule has 0 spiro atoms. The van der Waals surface area contributed by atoms with Gasteiger partial charge in [-0.1, -0.05) is 0 Å². The summed E-state index contributed by atoms with van der Waals surface area (Å²) in [5.41, 5.74) is 0. The molecule has 1 nitrogen and oxygen atoms in total. The molecule has 0 saturated carbocycles. The molecule has 1 aliphatic heterocycles. The summed E-state index contributed by atoms with van der Waals surface area (Å²) in [6.45, 7) is 0. The van der Waals surface area contributed by atoms with E-state index in [1.54, 1.807) is 0 Å². The van der Waals surface area contributed by atoms with Gasteiger partial charge >= 0.3 is 0 Å². The number of nitriles is 1. The van der Waals surface area contributed by atoms with Crippen molar-refractivity contribution in [3.05, 3.63) is 0 Å². The van der Waals surface area contributed by atoms with Gasteiger partial charge < -0.3 is 0 Å². The summed E-state index contributed by atoms with van der Waals surface area (Å²) in [5, 5.41) is 8.34. The molecule has 1 saturated heterocycles. The fourth-order valence-electron chi connectivity index (χ4n) is 0.817. The molecule has 0 atom stereocenters. The summed E-state index contributed by atoms with van der Waals surface area (Å²) in [5.74, 6) is 2.33. The van der Waals surface area contributed by atoms with Crippen LogP contribution >= 0.6 is 7.92 Å². The summed E-state index contributed by atoms with van der Waals surface area (Å²) in [6.07, 6.45) is 5.04. The van der Waals surface area contributed by atoms with Crippen molar-refractivity contribution >= 4 is 7.92 Å². The van der Waals surface area contributed by atoms with Crippen molar-refractivity contribution < 1.29 is 0 Å². The molecule has 0 aliphatic carbocycles. The van der Waals surface area contributed by atoms with E-state index < -0.39 is 0 Å². The Bertz CT molecular complexity index is 88.7. The van der Waals surface area contributed by atoms with Crippen LogP contribution in [0.1, 0.15) is 12.8 Å². The quantitative estimate of drug-likeness (QED) is 0.439. The molecule has 0 bridgehead atoms. The van der Waals surface area contributed by atoms with Crippen LogP contribution in [0.25, 0.3) is 0 Å². The predicted molar refractivity (Wildman–Crippen MR) is 31.5 cm³/mol. The van der Waals surface area contributed by atoms with Gasteiger partial charge in [0.25, 0.3) is 0 Å². The van der Waals surface area contributed by atoms with Crippen molar-refractivity contribution in [1.29, 1.82) is 5.26 Å². The number of hydrogen-bond acceptors (Lipinski definition) is 1. The lowest BCUT2D eigenvalue weighted by Crippen LogP contribution is -1.65. The zero-order valence-corrected chi connectivity index (χ0v) is 5.12. The highest BCUT2D eigenvalue weighted by atomic mass is 31.1. The van der Waals surface area contributed by atoms with E-state index >= 15 is 0 Å². The smallest absolute Gasteiger partial charge is 0.0871 e. The third-order valence-electron chi connectivity index (χ3n) is 1.25. The van der Waals surface area contributed by atoms with E-state index in [9.17, 15) is 0 Å². The first-order valence-electron chi connectivity index (χ1n) is 2.58. The molecule has 0 aromatic rings. The third kappa shape index (κ3) is 1.14. The summed E-state index contributed by atoms with van der Waals surface area (Å²) >= 11 is 0. The lowest BCUT2D eigenvalue weighted by atomic mass is 10.4. The van der Waals surface area contributed by atoms with Crippen LogP contribution in [0.3, 0.4) is 0 Å². The zero-order valence-electron chi connectivity index (χ0n) is 4.22. The van der Waals surface area contributed by atoms with Gasteiger partial charge in [0.15, 0.2) is 0 Å². The standard InChI is InChI=1S/C5H8NP/c6-5-7-3-1-2-4-7/h1-4H2. The second-order valence-electron chi connectivity index (χ2n) is 1.79. The minimum absolute atomic E-state index is 0.137. The van der Waals surface area contributed by atoms with Gasteiger partial charge in [-0.2, -0.15) is 5.26 Å². The molecular formula is C5H8NP. The first-order chi connectivity index (χ1) is 3.43. The lowest BCUT2D eigenvalue weighted by Gasteiger charge is -1.88. The summed E-state index contributed by atoms with van der Waals surface area (Å²) in [4.78, 5) is 0. The zero-order chi connectivity index (χ0) is 5.11. The average Bonchev–Trinajstić information content (AvgIpc) is 2.14. The summed E-state index contributed by atoms with van der Waals surface area (Å²) < 4.78 is 0. The van der Waals surface area contributed by atoms with Crippen LogP contribution in [-0.4, -0.2) is 12.3 Å².